The van der Waals surface area contributed by atoms with Gasteiger partial charge in [-0.2, -0.15) is 0 Å². The Morgan fingerprint density at radius 2 is 2.18 bits per heavy atom. The molecule has 1 saturated carbocycles. The van der Waals surface area contributed by atoms with E-state index in [9.17, 15) is 9.90 Å². The van der Waals surface area contributed by atoms with Crippen LogP contribution < -0.4 is 14.8 Å². The normalized spacial score (nSPS) is 27.6. The van der Waals surface area contributed by atoms with Gasteiger partial charge in [0.1, 0.15) is 11.5 Å². The Labute approximate surface area is 167 Å². The first-order chi connectivity index (χ1) is 13.6. The molecule has 0 aromatic heterocycles. The number of rotatable bonds is 6. The van der Waals surface area contributed by atoms with Gasteiger partial charge in [0.05, 0.1) is 20.3 Å². The van der Waals surface area contributed by atoms with Crippen LogP contribution in [0.15, 0.2) is 18.2 Å². The van der Waals surface area contributed by atoms with Crippen LogP contribution in [-0.2, 0) is 4.79 Å². The van der Waals surface area contributed by atoms with E-state index in [1.807, 2.05) is 12.1 Å². The number of carbonyl (C=O) groups excluding carboxylic acids is 1. The fraction of sp³-hybridized carbons (Fsp3) is 0.682. The summed E-state index contributed by atoms with van der Waals surface area (Å²) < 4.78 is 11.3. The number of aliphatic hydroxyl groups is 1. The Kier molecular flexibility index (Phi) is 5.78. The minimum absolute atomic E-state index is 0.0912. The van der Waals surface area contributed by atoms with Gasteiger partial charge in [-0.3, -0.25) is 4.79 Å². The molecule has 1 aromatic carbocycles. The first-order valence-corrected chi connectivity index (χ1v) is 10.6. The number of likely N-dealkylation sites (tertiary alicyclic amines) is 1. The van der Waals surface area contributed by atoms with E-state index in [1.165, 1.54) is 19.3 Å². The molecule has 1 amide bonds. The van der Waals surface area contributed by atoms with E-state index in [0.717, 1.165) is 49.5 Å². The minimum Gasteiger partial charge on any atom is -0.497 e. The first kappa shape index (κ1) is 19.5. The van der Waals surface area contributed by atoms with Crippen LogP contribution in [0, 0.1) is 5.41 Å². The van der Waals surface area contributed by atoms with Gasteiger partial charge < -0.3 is 24.8 Å². The quantitative estimate of drug-likeness (QED) is 0.783. The largest absolute Gasteiger partial charge is 0.497 e. The Morgan fingerprint density at radius 1 is 1.36 bits per heavy atom. The van der Waals surface area contributed by atoms with Crippen LogP contribution in [0.25, 0.3) is 0 Å². The number of ether oxygens (including phenoxy) is 2. The summed E-state index contributed by atoms with van der Waals surface area (Å²) in [4.78, 5) is 14.7. The third-order valence-electron chi connectivity index (χ3n) is 6.77. The van der Waals surface area contributed by atoms with Gasteiger partial charge in [-0.05, 0) is 24.5 Å². The molecule has 6 heteroatoms. The van der Waals surface area contributed by atoms with Crippen molar-refractivity contribution < 1.29 is 19.4 Å². The summed E-state index contributed by atoms with van der Waals surface area (Å²) >= 11 is 0. The molecule has 0 radical (unpaired) electrons. The second-order valence-electron chi connectivity index (χ2n) is 8.65. The molecule has 0 spiro atoms. The molecule has 0 unspecified atom stereocenters. The molecule has 0 bridgehead atoms. The molecule has 2 heterocycles. The molecule has 1 aliphatic carbocycles. The molecule has 2 N–H and O–H groups in total. The Hall–Kier alpha value is -1.79. The molecule has 6 nitrogen and oxygen atoms in total. The first-order valence-electron chi connectivity index (χ1n) is 10.6. The van der Waals surface area contributed by atoms with Gasteiger partial charge in [-0.1, -0.05) is 25.3 Å². The lowest BCUT2D eigenvalue weighted by molar-refractivity contribution is -0.122. The second kappa shape index (κ2) is 8.29. The van der Waals surface area contributed by atoms with Crippen molar-refractivity contribution in [3.63, 3.8) is 0 Å². The van der Waals surface area contributed by atoms with Crippen molar-refractivity contribution >= 4 is 5.91 Å². The van der Waals surface area contributed by atoms with Crippen molar-refractivity contribution in [2.45, 2.75) is 50.5 Å². The van der Waals surface area contributed by atoms with Crippen LogP contribution in [0.4, 0.5) is 0 Å². The van der Waals surface area contributed by atoms with Crippen molar-refractivity contribution in [1.29, 1.82) is 0 Å². The number of methoxy groups -OCH3 is 1. The van der Waals surface area contributed by atoms with Gasteiger partial charge in [0.2, 0.25) is 5.91 Å². The van der Waals surface area contributed by atoms with Crippen LogP contribution in [-0.4, -0.2) is 61.9 Å². The van der Waals surface area contributed by atoms with Gasteiger partial charge in [-0.15, -0.1) is 0 Å². The fourth-order valence-corrected chi connectivity index (χ4v) is 5.10. The van der Waals surface area contributed by atoms with E-state index < -0.39 is 0 Å². The maximum absolute atomic E-state index is 12.4. The second-order valence-corrected chi connectivity index (χ2v) is 8.65. The van der Waals surface area contributed by atoms with E-state index in [4.69, 9.17) is 9.47 Å². The van der Waals surface area contributed by atoms with Crippen molar-refractivity contribution in [2.75, 3.05) is 40.0 Å². The molecule has 2 fully saturated rings. The number of hydrogen-bond acceptors (Lipinski definition) is 5. The topological polar surface area (TPSA) is 71.0 Å². The molecule has 1 aromatic rings. The van der Waals surface area contributed by atoms with Crippen LogP contribution in [0.1, 0.15) is 50.0 Å². The maximum Gasteiger partial charge on any atom is 0.221 e. The summed E-state index contributed by atoms with van der Waals surface area (Å²) in [5, 5.41) is 13.4. The molecule has 3 aliphatic rings. The van der Waals surface area contributed by atoms with Crippen molar-refractivity contribution in [3.05, 3.63) is 23.8 Å². The summed E-state index contributed by atoms with van der Waals surface area (Å²) in [7, 11) is 1.65. The summed E-state index contributed by atoms with van der Waals surface area (Å²) in [6.07, 6.45) is 6.48. The molecular formula is C22H32N2O4. The number of aliphatic hydroxyl groups excluding tert-OH is 1. The molecule has 4 rings (SSSR count). The average Bonchev–Trinajstić information content (AvgIpc) is 3.12. The summed E-state index contributed by atoms with van der Waals surface area (Å²) in [6.45, 7) is 2.92. The SMILES string of the molecule is COc1ccc2c(c1)OC[C@]1(CO)CN(CCC(=O)NC3CCCCC3)C[C@H]21. The van der Waals surface area contributed by atoms with Crippen molar-refractivity contribution in [2.24, 2.45) is 5.41 Å². The number of nitrogens with zero attached hydrogens (tertiary/aromatic N) is 1. The minimum atomic E-state index is -0.290. The third-order valence-corrected chi connectivity index (χ3v) is 6.77. The number of fused-ring (bicyclic) bond motifs is 3. The smallest absolute Gasteiger partial charge is 0.221 e. The predicted molar refractivity (Wildman–Crippen MR) is 107 cm³/mol. The van der Waals surface area contributed by atoms with Crippen LogP contribution >= 0.6 is 0 Å². The Morgan fingerprint density at radius 3 is 2.93 bits per heavy atom. The number of carbonyl (C=O) groups is 1. The molecule has 28 heavy (non-hydrogen) atoms. The highest BCUT2D eigenvalue weighted by molar-refractivity contribution is 5.76. The summed E-state index contributed by atoms with van der Waals surface area (Å²) in [5.41, 5.74) is 0.844. The third kappa shape index (κ3) is 3.85. The molecule has 154 valence electrons. The van der Waals surface area contributed by atoms with E-state index >= 15 is 0 Å². The summed E-state index contributed by atoms with van der Waals surface area (Å²) in [5.74, 6) is 2.00. The standard InChI is InChI=1S/C22H32N2O4/c1-27-17-7-8-18-19-12-24(13-22(19,14-25)15-28-20(18)11-17)10-9-21(26)23-16-5-3-2-4-6-16/h7-8,11,16,19,25H,2-6,9-10,12-15H2,1H3,(H,23,26)/t19-,22-/m1/s1. The summed E-state index contributed by atoms with van der Waals surface area (Å²) in [6, 6.07) is 6.30. The van der Waals surface area contributed by atoms with Gasteiger partial charge >= 0.3 is 0 Å². The van der Waals surface area contributed by atoms with E-state index in [2.05, 4.69) is 16.3 Å². The highest BCUT2D eigenvalue weighted by Crippen LogP contribution is 2.50. The fourth-order valence-electron chi connectivity index (χ4n) is 5.10. The lowest BCUT2D eigenvalue weighted by atomic mass is 9.74. The van der Waals surface area contributed by atoms with Crippen LogP contribution in [0.2, 0.25) is 0 Å². The van der Waals surface area contributed by atoms with Gasteiger partial charge in [0.15, 0.2) is 0 Å². The maximum atomic E-state index is 12.4. The van der Waals surface area contributed by atoms with Gasteiger partial charge in [0.25, 0.3) is 0 Å². The lowest BCUT2D eigenvalue weighted by Gasteiger charge is -2.38. The van der Waals surface area contributed by atoms with Crippen molar-refractivity contribution in [3.8, 4) is 11.5 Å². The van der Waals surface area contributed by atoms with Gasteiger partial charge in [0, 0.05) is 49.5 Å². The lowest BCUT2D eigenvalue weighted by Crippen LogP contribution is -2.42. The van der Waals surface area contributed by atoms with E-state index in [-0.39, 0.29) is 23.8 Å². The van der Waals surface area contributed by atoms with Gasteiger partial charge in [-0.25, -0.2) is 0 Å². The molecule has 1 saturated heterocycles. The van der Waals surface area contributed by atoms with E-state index in [1.54, 1.807) is 7.11 Å². The zero-order valence-electron chi connectivity index (χ0n) is 16.8. The molecule has 2 aliphatic heterocycles. The number of amides is 1. The molecule has 2 atom stereocenters. The molecular weight excluding hydrogens is 356 g/mol. The highest BCUT2D eigenvalue weighted by Gasteiger charge is 2.50. The Balaban J connectivity index is 1.38. The Bertz CT molecular complexity index is 704. The number of benzene rings is 1. The predicted octanol–water partition coefficient (Wildman–Crippen LogP) is 2.30. The number of hydrogen-bond donors (Lipinski definition) is 2. The van der Waals surface area contributed by atoms with Crippen LogP contribution in [0.5, 0.6) is 11.5 Å². The van der Waals surface area contributed by atoms with Crippen LogP contribution in [0.3, 0.4) is 0 Å². The van der Waals surface area contributed by atoms with Crippen molar-refractivity contribution in [1.82, 2.24) is 10.2 Å². The monoisotopic (exact) mass is 388 g/mol. The number of nitrogens with one attached hydrogen (secondary N) is 1. The average molecular weight is 389 g/mol. The van der Waals surface area contributed by atoms with E-state index in [0.29, 0.717) is 19.1 Å². The highest BCUT2D eigenvalue weighted by atomic mass is 16.5. The zero-order valence-corrected chi connectivity index (χ0v) is 16.8. The zero-order chi connectivity index (χ0) is 19.6.